The molecule has 118 valence electrons. The van der Waals surface area contributed by atoms with E-state index in [0.717, 1.165) is 25.0 Å². The van der Waals surface area contributed by atoms with Crippen LogP contribution in [0.3, 0.4) is 0 Å². The topological polar surface area (TPSA) is 56.1 Å². The third-order valence-electron chi connectivity index (χ3n) is 4.62. The lowest BCUT2D eigenvalue weighted by atomic mass is 9.74. The Morgan fingerprint density at radius 1 is 1.48 bits per heavy atom. The third-order valence-corrected chi connectivity index (χ3v) is 4.62. The van der Waals surface area contributed by atoms with E-state index < -0.39 is 0 Å². The lowest BCUT2D eigenvalue weighted by molar-refractivity contribution is -0.123. The predicted octanol–water partition coefficient (Wildman–Crippen LogP) is 2.24. The summed E-state index contributed by atoms with van der Waals surface area (Å²) in [5, 5.41) is 7.26. The molecule has 1 saturated carbocycles. The number of nitrogens with zero attached hydrogens (tertiary/aromatic N) is 2. The van der Waals surface area contributed by atoms with Crippen LogP contribution in [0.1, 0.15) is 50.5 Å². The van der Waals surface area contributed by atoms with Gasteiger partial charge in [-0.2, -0.15) is 5.10 Å². The first-order valence-electron chi connectivity index (χ1n) is 7.81. The number of methoxy groups -OCH3 is 1. The maximum Gasteiger partial charge on any atom is 0.227 e. The fourth-order valence-corrected chi connectivity index (χ4v) is 3.22. The minimum Gasteiger partial charge on any atom is -0.384 e. The Bertz CT molecular complexity index is 458. The molecule has 1 amide bonds. The minimum absolute atomic E-state index is 0.0732. The largest absolute Gasteiger partial charge is 0.384 e. The molecule has 0 aliphatic heterocycles. The van der Waals surface area contributed by atoms with Gasteiger partial charge < -0.3 is 10.1 Å². The molecular formula is C16H27N3O2. The molecule has 1 fully saturated rings. The lowest BCUT2D eigenvalue weighted by Crippen LogP contribution is -2.43. The molecule has 2 rings (SSSR count). The molecule has 0 unspecified atom stereocenters. The van der Waals surface area contributed by atoms with Gasteiger partial charge in [-0.15, -0.1) is 0 Å². The average Bonchev–Trinajstić information content (AvgIpc) is 2.92. The molecule has 1 heterocycles. The second-order valence-electron chi connectivity index (χ2n) is 6.38. The second-order valence-corrected chi connectivity index (χ2v) is 6.38. The van der Waals surface area contributed by atoms with Crippen LogP contribution < -0.4 is 5.32 Å². The molecule has 0 spiro atoms. The van der Waals surface area contributed by atoms with E-state index >= 15 is 0 Å². The number of hydrogen-bond donors (Lipinski definition) is 1. The fourth-order valence-electron chi connectivity index (χ4n) is 3.22. The lowest BCUT2D eigenvalue weighted by Gasteiger charge is -2.37. The summed E-state index contributed by atoms with van der Waals surface area (Å²) < 4.78 is 7.13. The highest BCUT2D eigenvalue weighted by molar-refractivity contribution is 5.83. The third kappa shape index (κ3) is 4.06. The molecule has 0 saturated heterocycles. The number of carbonyl (C=O) groups is 1. The van der Waals surface area contributed by atoms with Gasteiger partial charge in [-0.3, -0.25) is 9.48 Å². The molecule has 5 nitrogen and oxygen atoms in total. The first-order chi connectivity index (χ1) is 10.1. The second kappa shape index (κ2) is 7.07. The summed E-state index contributed by atoms with van der Waals surface area (Å²) in [6.07, 6.45) is 9.70. The molecule has 1 aliphatic carbocycles. The molecule has 1 atom stereocenters. The number of amides is 1. The van der Waals surface area contributed by atoms with E-state index in [2.05, 4.69) is 10.4 Å². The quantitative estimate of drug-likeness (QED) is 0.875. The van der Waals surface area contributed by atoms with Crippen molar-refractivity contribution in [3.05, 3.63) is 18.0 Å². The summed E-state index contributed by atoms with van der Waals surface area (Å²) in [4.78, 5) is 12.4. The van der Waals surface area contributed by atoms with Crippen molar-refractivity contribution in [3.63, 3.8) is 0 Å². The van der Waals surface area contributed by atoms with Crippen LogP contribution in [0.4, 0.5) is 0 Å². The Balaban J connectivity index is 1.92. The first-order valence-corrected chi connectivity index (χ1v) is 7.81. The molecule has 0 aromatic carbocycles. The van der Waals surface area contributed by atoms with E-state index in [0.29, 0.717) is 6.54 Å². The molecule has 21 heavy (non-hydrogen) atoms. The Hall–Kier alpha value is -1.36. The van der Waals surface area contributed by atoms with Crippen LogP contribution in [0.15, 0.2) is 12.4 Å². The van der Waals surface area contributed by atoms with Crippen molar-refractivity contribution in [3.8, 4) is 0 Å². The summed E-state index contributed by atoms with van der Waals surface area (Å²) in [6, 6.07) is 0. The molecule has 1 aromatic rings. The molecule has 1 aromatic heterocycles. The highest BCUT2D eigenvalue weighted by atomic mass is 16.5. The van der Waals surface area contributed by atoms with Gasteiger partial charge in [0.15, 0.2) is 0 Å². The van der Waals surface area contributed by atoms with Crippen LogP contribution in [-0.2, 0) is 16.6 Å². The summed E-state index contributed by atoms with van der Waals surface area (Å²) in [7, 11) is 3.61. The van der Waals surface area contributed by atoms with Gasteiger partial charge in [-0.25, -0.2) is 0 Å². The minimum atomic E-state index is -0.165. The van der Waals surface area contributed by atoms with Crippen molar-refractivity contribution >= 4 is 5.91 Å². The summed E-state index contributed by atoms with van der Waals surface area (Å²) >= 11 is 0. The van der Waals surface area contributed by atoms with E-state index in [1.54, 1.807) is 18.0 Å². The highest BCUT2D eigenvalue weighted by Gasteiger charge is 2.33. The zero-order valence-corrected chi connectivity index (χ0v) is 13.4. The van der Waals surface area contributed by atoms with Crippen molar-refractivity contribution in [2.45, 2.75) is 44.9 Å². The van der Waals surface area contributed by atoms with Crippen LogP contribution in [0.2, 0.25) is 0 Å². The molecule has 1 aliphatic rings. The normalized spacial score (nSPS) is 19.2. The number of aryl methyl sites for hydroxylation is 1. The summed E-state index contributed by atoms with van der Waals surface area (Å²) in [5.41, 5.74) is 1.08. The number of aromatic nitrogens is 2. The SMILES string of the molecule is COCC1(CNC(=O)[C@H](C)c2cnn(C)c2)CCCCC1. The van der Waals surface area contributed by atoms with Crippen LogP contribution in [-0.4, -0.2) is 35.9 Å². The number of rotatable bonds is 6. The van der Waals surface area contributed by atoms with Crippen LogP contribution in [0.5, 0.6) is 0 Å². The summed E-state index contributed by atoms with van der Waals surface area (Å²) in [6.45, 7) is 3.37. The van der Waals surface area contributed by atoms with Crippen molar-refractivity contribution in [2.75, 3.05) is 20.3 Å². The van der Waals surface area contributed by atoms with Gasteiger partial charge in [0.2, 0.25) is 5.91 Å². The molecule has 0 radical (unpaired) electrons. The van der Waals surface area contributed by atoms with Gasteiger partial charge >= 0.3 is 0 Å². The van der Waals surface area contributed by atoms with Crippen LogP contribution in [0, 0.1) is 5.41 Å². The van der Waals surface area contributed by atoms with Gasteiger partial charge in [0, 0.05) is 37.9 Å². The van der Waals surface area contributed by atoms with E-state index in [9.17, 15) is 4.79 Å². The van der Waals surface area contributed by atoms with Gasteiger partial charge in [-0.05, 0) is 19.8 Å². The van der Waals surface area contributed by atoms with Crippen molar-refractivity contribution in [1.29, 1.82) is 0 Å². The zero-order valence-electron chi connectivity index (χ0n) is 13.4. The first kappa shape index (κ1) is 16.0. The zero-order chi connectivity index (χ0) is 15.3. The molecular weight excluding hydrogens is 266 g/mol. The fraction of sp³-hybridized carbons (Fsp3) is 0.750. The van der Waals surface area contributed by atoms with E-state index in [1.807, 2.05) is 20.2 Å². The molecule has 5 heteroatoms. The van der Waals surface area contributed by atoms with Crippen LogP contribution >= 0.6 is 0 Å². The molecule has 1 N–H and O–H groups in total. The maximum absolute atomic E-state index is 12.4. The maximum atomic E-state index is 12.4. The van der Waals surface area contributed by atoms with Crippen molar-refractivity contribution < 1.29 is 9.53 Å². The van der Waals surface area contributed by atoms with Gasteiger partial charge in [0.05, 0.1) is 18.7 Å². The Labute approximate surface area is 127 Å². The Morgan fingerprint density at radius 2 is 2.19 bits per heavy atom. The van der Waals surface area contributed by atoms with Crippen molar-refractivity contribution in [1.82, 2.24) is 15.1 Å². The standard InChI is InChI=1S/C16H27N3O2/c1-13(14-9-18-19(2)10-14)15(20)17-11-16(12-21-3)7-5-4-6-8-16/h9-10,13H,4-8,11-12H2,1-3H3,(H,17,20)/t13-/m1/s1. The predicted molar refractivity (Wildman–Crippen MR) is 82.0 cm³/mol. The number of ether oxygens (including phenoxy) is 1. The van der Waals surface area contributed by atoms with Crippen molar-refractivity contribution in [2.24, 2.45) is 12.5 Å². The van der Waals surface area contributed by atoms with Gasteiger partial charge in [-0.1, -0.05) is 19.3 Å². The van der Waals surface area contributed by atoms with E-state index in [-0.39, 0.29) is 17.2 Å². The molecule has 0 bridgehead atoms. The van der Waals surface area contributed by atoms with Crippen LogP contribution in [0.25, 0.3) is 0 Å². The highest BCUT2D eigenvalue weighted by Crippen LogP contribution is 2.36. The van der Waals surface area contributed by atoms with E-state index in [4.69, 9.17) is 4.74 Å². The number of hydrogen-bond acceptors (Lipinski definition) is 3. The monoisotopic (exact) mass is 293 g/mol. The Morgan fingerprint density at radius 3 is 2.76 bits per heavy atom. The summed E-state index contributed by atoms with van der Waals surface area (Å²) in [5.74, 6) is -0.0917. The van der Waals surface area contributed by atoms with E-state index in [1.165, 1.54) is 19.3 Å². The average molecular weight is 293 g/mol. The number of carbonyl (C=O) groups excluding carboxylic acids is 1. The van der Waals surface area contributed by atoms with Gasteiger partial charge in [0.1, 0.15) is 0 Å². The smallest absolute Gasteiger partial charge is 0.227 e. The van der Waals surface area contributed by atoms with Gasteiger partial charge in [0.25, 0.3) is 0 Å². The Kier molecular flexibility index (Phi) is 5.39. The number of nitrogens with one attached hydrogen (secondary N) is 1.